The summed E-state index contributed by atoms with van der Waals surface area (Å²) in [4.78, 5) is 18.9. The molecule has 0 N–H and O–H groups in total. The number of benzene rings is 3. The molecular formula is C21H13FN2O2. The topological polar surface area (TPSA) is 46.3 Å². The van der Waals surface area contributed by atoms with E-state index in [1.54, 1.807) is 23.1 Å². The maximum Gasteiger partial charge on any atom is 0.258 e. The molecule has 1 aliphatic heterocycles. The number of oxazole rings is 1. The third-order valence-electron chi connectivity index (χ3n) is 4.60. The molecule has 5 heteroatoms. The van der Waals surface area contributed by atoms with Crippen molar-refractivity contribution in [3.63, 3.8) is 0 Å². The van der Waals surface area contributed by atoms with Crippen molar-refractivity contribution in [2.45, 2.75) is 6.54 Å². The Balaban J connectivity index is 1.53. The number of carbonyl (C=O) groups excluding carboxylic acids is 1. The van der Waals surface area contributed by atoms with Crippen LogP contribution in [-0.2, 0) is 6.54 Å². The van der Waals surface area contributed by atoms with E-state index in [9.17, 15) is 9.18 Å². The summed E-state index contributed by atoms with van der Waals surface area (Å²) in [6.07, 6.45) is 0. The largest absolute Gasteiger partial charge is 0.436 e. The summed E-state index contributed by atoms with van der Waals surface area (Å²) >= 11 is 0. The molecule has 26 heavy (non-hydrogen) atoms. The Morgan fingerprint density at radius 1 is 1.00 bits per heavy atom. The molecule has 0 unspecified atom stereocenters. The Labute approximate surface area is 148 Å². The third-order valence-corrected chi connectivity index (χ3v) is 4.60. The minimum absolute atomic E-state index is 0.0118. The number of rotatable bonds is 2. The molecule has 3 aromatic carbocycles. The summed E-state index contributed by atoms with van der Waals surface area (Å²) in [6.45, 7) is 0.545. The molecule has 126 valence electrons. The van der Waals surface area contributed by atoms with E-state index in [0.29, 0.717) is 29.1 Å². The summed E-state index contributed by atoms with van der Waals surface area (Å²) in [6, 6.07) is 19.1. The fraction of sp³-hybridized carbons (Fsp3) is 0.0476. The van der Waals surface area contributed by atoms with Crippen molar-refractivity contribution in [2.75, 3.05) is 4.90 Å². The molecule has 1 amide bonds. The van der Waals surface area contributed by atoms with Crippen LogP contribution >= 0.6 is 0 Å². The zero-order chi connectivity index (χ0) is 17.7. The number of nitrogens with zero attached hydrogens (tertiary/aromatic N) is 2. The van der Waals surface area contributed by atoms with E-state index < -0.39 is 0 Å². The van der Waals surface area contributed by atoms with E-state index in [4.69, 9.17) is 4.42 Å². The molecule has 1 aromatic heterocycles. The molecule has 0 bridgehead atoms. The van der Waals surface area contributed by atoms with Gasteiger partial charge in [-0.15, -0.1) is 0 Å². The number of anilines is 1. The van der Waals surface area contributed by atoms with Gasteiger partial charge in [-0.1, -0.05) is 18.2 Å². The van der Waals surface area contributed by atoms with Crippen molar-refractivity contribution in [1.29, 1.82) is 0 Å². The van der Waals surface area contributed by atoms with Crippen molar-refractivity contribution in [1.82, 2.24) is 4.98 Å². The number of fused-ring (bicyclic) bond motifs is 2. The second-order valence-electron chi connectivity index (χ2n) is 6.23. The SMILES string of the molecule is O=C1c2ccccc2CN1c1ccc2oc(-c3ccc(F)cc3)nc2c1. The van der Waals surface area contributed by atoms with Gasteiger partial charge in [0.15, 0.2) is 5.58 Å². The minimum Gasteiger partial charge on any atom is -0.436 e. The van der Waals surface area contributed by atoms with Gasteiger partial charge in [0.2, 0.25) is 5.89 Å². The third kappa shape index (κ3) is 2.29. The fourth-order valence-electron chi connectivity index (χ4n) is 3.26. The molecule has 4 aromatic rings. The van der Waals surface area contributed by atoms with Gasteiger partial charge in [-0.3, -0.25) is 4.79 Å². The average Bonchev–Trinajstić information content (AvgIpc) is 3.23. The first-order valence-corrected chi connectivity index (χ1v) is 8.25. The van der Waals surface area contributed by atoms with Crippen molar-refractivity contribution in [3.8, 4) is 11.5 Å². The first-order chi connectivity index (χ1) is 12.7. The van der Waals surface area contributed by atoms with E-state index in [2.05, 4.69) is 4.98 Å². The van der Waals surface area contributed by atoms with Gasteiger partial charge in [-0.25, -0.2) is 9.37 Å². The van der Waals surface area contributed by atoms with Crippen molar-refractivity contribution >= 4 is 22.7 Å². The van der Waals surface area contributed by atoms with Gasteiger partial charge in [-0.2, -0.15) is 0 Å². The number of halogens is 1. The molecule has 0 atom stereocenters. The van der Waals surface area contributed by atoms with Crippen LogP contribution in [0.4, 0.5) is 10.1 Å². The molecule has 0 fully saturated rings. The van der Waals surface area contributed by atoms with E-state index in [-0.39, 0.29) is 11.7 Å². The number of carbonyl (C=O) groups is 1. The smallest absolute Gasteiger partial charge is 0.258 e. The van der Waals surface area contributed by atoms with Crippen LogP contribution in [-0.4, -0.2) is 10.9 Å². The summed E-state index contributed by atoms with van der Waals surface area (Å²) in [5.41, 5.74) is 4.51. The lowest BCUT2D eigenvalue weighted by atomic mass is 10.1. The van der Waals surface area contributed by atoms with E-state index in [0.717, 1.165) is 16.8 Å². The highest BCUT2D eigenvalue weighted by Crippen LogP contribution is 2.32. The Morgan fingerprint density at radius 2 is 1.81 bits per heavy atom. The fourth-order valence-corrected chi connectivity index (χ4v) is 3.26. The van der Waals surface area contributed by atoms with E-state index in [1.807, 2.05) is 36.4 Å². The lowest BCUT2D eigenvalue weighted by Crippen LogP contribution is -2.22. The summed E-state index contributed by atoms with van der Waals surface area (Å²) in [5.74, 6) is 0.106. The molecule has 4 nitrogen and oxygen atoms in total. The van der Waals surface area contributed by atoms with Crippen LogP contribution < -0.4 is 4.90 Å². The predicted octanol–water partition coefficient (Wildman–Crippen LogP) is 4.79. The van der Waals surface area contributed by atoms with Gasteiger partial charge in [0.05, 0.1) is 6.54 Å². The average molecular weight is 344 g/mol. The lowest BCUT2D eigenvalue weighted by molar-refractivity contribution is 0.0996. The molecule has 0 saturated heterocycles. The minimum atomic E-state index is -0.306. The normalized spacial score (nSPS) is 13.4. The van der Waals surface area contributed by atoms with Gasteiger partial charge in [0, 0.05) is 16.8 Å². The molecule has 1 aliphatic rings. The van der Waals surface area contributed by atoms with Crippen LogP contribution in [0.3, 0.4) is 0 Å². The van der Waals surface area contributed by atoms with Gasteiger partial charge in [0.25, 0.3) is 5.91 Å². The van der Waals surface area contributed by atoms with Crippen molar-refractivity contribution in [2.24, 2.45) is 0 Å². The molecule has 0 spiro atoms. The van der Waals surface area contributed by atoms with Gasteiger partial charge < -0.3 is 9.32 Å². The number of aromatic nitrogens is 1. The van der Waals surface area contributed by atoms with Crippen LogP contribution in [0.1, 0.15) is 15.9 Å². The quantitative estimate of drug-likeness (QED) is 0.525. The maximum atomic E-state index is 13.1. The Kier molecular flexibility index (Phi) is 3.15. The summed E-state index contributed by atoms with van der Waals surface area (Å²) in [5, 5.41) is 0. The van der Waals surface area contributed by atoms with Crippen LogP contribution in [0, 0.1) is 5.82 Å². The van der Waals surface area contributed by atoms with Crippen molar-refractivity contribution < 1.29 is 13.6 Å². The molecule has 2 heterocycles. The van der Waals surface area contributed by atoms with Crippen molar-refractivity contribution in [3.05, 3.63) is 83.7 Å². The standard InChI is InChI=1S/C21H13FN2O2/c22-15-7-5-13(6-8-15)20-23-18-11-16(9-10-19(18)26-20)24-12-14-3-1-2-4-17(14)21(24)25/h1-11H,12H2. The second-order valence-corrected chi connectivity index (χ2v) is 6.23. The molecule has 0 aliphatic carbocycles. The first-order valence-electron chi connectivity index (χ1n) is 8.25. The molecule has 5 rings (SSSR count). The Bertz CT molecular complexity index is 1150. The zero-order valence-corrected chi connectivity index (χ0v) is 13.6. The molecular weight excluding hydrogens is 331 g/mol. The molecule has 0 saturated carbocycles. The van der Waals surface area contributed by atoms with Crippen LogP contribution in [0.2, 0.25) is 0 Å². The van der Waals surface area contributed by atoms with E-state index in [1.165, 1.54) is 12.1 Å². The highest BCUT2D eigenvalue weighted by molar-refractivity contribution is 6.10. The monoisotopic (exact) mass is 344 g/mol. The van der Waals surface area contributed by atoms with Crippen LogP contribution in [0.25, 0.3) is 22.6 Å². The second kappa shape index (κ2) is 5.52. The highest BCUT2D eigenvalue weighted by Gasteiger charge is 2.28. The maximum absolute atomic E-state index is 13.1. The number of hydrogen-bond donors (Lipinski definition) is 0. The van der Waals surface area contributed by atoms with Crippen LogP contribution in [0.15, 0.2) is 71.1 Å². The van der Waals surface area contributed by atoms with E-state index >= 15 is 0 Å². The zero-order valence-electron chi connectivity index (χ0n) is 13.6. The predicted molar refractivity (Wildman–Crippen MR) is 96.4 cm³/mol. The summed E-state index contributed by atoms with van der Waals surface area (Å²) < 4.78 is 18.9. The Hall–Kier alpha value is -3.47. The van der Waals surface area contributed by atoms with Gasteiger partial charge in [-0.05, 0) is 54.1 Å². The highest BCUT2D eigenvalue weighted by atomic mass is 19.1. The first kappa shape index (κ1) is 14.8. The number of amides is 1. The number of hydrogen-bond acceptors (Lipinski definition) is 3. The summed E-state index contributed by atoms with van der Waals surface area (Å²) in [7, 11) is 0. The molecule has 0 radical (unpaired) electrons. The van der Waals surface area contributed by atoms with Gasteiger partial charge >= 0.3 is 0 Å². The van der Waals surface area contributed by atoms with Crippen LogP contribution in [0.5, 0.6) is 0 Å². The van der Waals surface area contributed by atoms with Gasteiger partial charge in [0.1, 0.15) is 11.3 Å². The lowest BCUT2D eigenvalue weighted by Gasteiger charge is -2.15. The Morgan fingerprint density at radius 3 is 2.62 bits per heavy atom.